The van der Waals surface area contributed by atoms with E-state index < -0.39 is 57.5 Å². The molecule has 0 heterocycles. The molecule has 0 saturated carbocycles. The molecule has 1 atom stereocenters. The molecule has 0 amide bonds. The zero-order chi connectivity index (χ0) is 19.5. The van der Waals surface area contributed by atoms with Crippen LogP contribution in [-0.4, -0.2) is 18.7 Å². The van der Waals surface area contributed by atoms with Gasteiger partial charge in [0.1, 0.15) is 6.10 Å². The number of hydrogen-bond donors (Lipinski definition) is 1. The summed E-state index contributed by atoms with van der Waals surface area (Å²) in [6.07, 6.45) is -6.50. The average Bonchev–Trinajstić information content (AvgIpc) is 2.53. The fourth-order valence-electron chi connectivity index (χ4n) is 2.19. The molecule has 0 spiro atoms. The lowest BCUT2D eigenvalue weighted by Crippen LogP contribution is -2.16. The van der Waals surface area contributed by atoms with E-state index in [1.807, 2.05) is 0 Å². The molecule has 4 nitrogen and oxygen atoms in total. The Bertz CT molecular complexity index is 880. The highest BCUT2D eigenvalue weighted by Gasteiger charge is 2.31. The maximum Gasteiger partial charge on any atom is 0.416 e. The smallest absolute Gasteiger partial charge is 0.416 e. The Kier molecular flexibility index (Phi) is 5.87. The first-order valence-electron chi connectivity index (χ1n) is 7.20. The van der Waals surface area contributed by atoms with Gasteiger partial charge in [0.15, 0.2) is 11.6 Å². The van der Waals surface area contributed by atoms with Crippen molar-refractivity contribution < 1.29 is 39.7 Å². The Morgan fingerprint density at radius 1 is 1.08 bits per heavy atom. The Morgan fingerprint density at radius 2 is 1.73 bits per heavy atom. The van der Waals surface area contributed by atoms with E-state index in [1.165, 1.54) is 6.07 Å². The molecule has 142 valence electrons. The fourth-order valence-corrected chi connectivity index (χ4v) is 2.71. The Balaban J connectivity index is 2.39. The Labute approximate surface area is 146 Å². The minimum Gasteiger partial charge on any atom is -0.483 e. The summed E-state index contributed by atoms with van der Waals surface area (Å²) in [7, 11) is -4.45. The van der Waals surface area contributed by atoms with Crippen LogP contribution in [-0.2, 0) is 16.3 Å². The predicted octanol–water partition coefficient (Wildman–Crippen LogP) is 4.38. The number of ether oxygens (including phenoxy) is 1. The molecule has 0 aliphatic rings. The molecular formula is C16H13F5O4S. The lowest BCUT2D eigenvalue weighted by molar-refractivity contribution is -0.137. The van der Waals surface area contributed by atoms with Gasteiger partial charge < -0.3 is 4.74 Å². The topological polar surface area (TPSA) is 63.6 Å². The summed E-state index contributed by atoms with van der Waals surface area (Å²) in [5.41, 5.74) is -1.12. The van der Waals surface area contributed by atoms with Crippen LogP contribution in [0.5, 0.6) is 5.75 Å². The van der Waals surface area contributed by atoms with E-state index in [0.717, 1.165) is 30.3 Å². The van der Waals surface area contributed by atoms with E-state index in [9.17, 15) is 30.4 Å². The molecule has 0 aromatic heterocycles. The summed E-state index contributed by atoms with van der Waals surface area (Å²) >= 11 is 0. The molecule has 1 unspecified atom stereocenters. The molecule has 0 aliphatic heterocycles. The third kappa shape index (κ3) is 5.40. The van der Waals surface area contributed by atoms with E-state index in [1.54, 1.807) is 0 Å². The molecule has 2 rings (SSSR count). The van der Waals surface area contributed by atoms with Gasteiger partial charge in [-0.3, -0.25) is 4.55 Å². The van der Waals surface area contributed by atoms with Crippen molar-refractivity contribution >= 4 is 10.1 Å². The van der Waals surface area contributed by atoms with Gasteiger partial charge >= 0.3 is 6.18 Å². The lowest BCUT2D eigenvalue weighted by Gasteiger charge is -2.20. The lowest BCUT2D eigenvalue weighted by atomic mass is 10.0. The largest absolute Gasteiger partial charge is 0.483 e. The van der Waals surface area contributed by atoms with Crippen molar-refractivity contribution in [2.75, 3.05) is 5.75 Å². The van der Waals surface area contributed by atoms with Gasteiger partial charge in [0.2, 0.25) is 5.82 Å². The van der Waals surface area contributed by atoms with Gasteiger partial charge in [-0.1, -0.05) is 18.2 Å². The maximum atomic E-state index is 13.8. The first kappa shape index (κ1) is 20.1. The van der Waals surface area contributed by atoms with E-state index in [0.29, 0.717) is 6.07 Å². The molecule has 0 saturated heterocycles. The molecule has 2 aromatic rings. The van der Waals surface area contributed by atoms with E-state index in [4.69, 9.17) is 9.29 Å². The normalized spacial score (nSPS) is 13.5. The number of rotatable bonds is 6. The van der Waals surface area contributed by atoms with Crippen LogP contribution in [0.4, 0.5) is 22.0 Å². The molecule has 0 fully saturated rings. The summed E-state index contributed by atoms with van der Waals surface area (Å²) in [4.78, 5) is 0. The van der Waals surface area contributed by atoms with Gasteiger partial charge in [-0.15, -0.1) is 0 Å². The highest BCUT2D eigenvalue weighted by molar-refractivity contribution is 7.85. The van der Waals surface area contributed by atoms with Crippen LogP contribution in [0.25, 0.3) is 0 Å². The highest BCUT2D eigenvalue weighted by Crippen LogP contribution is 2.33. The maximum absolute atomic E-state index is 13.8. The molecule has 0 radical (unpaired) electrons. The summed E-state index contributed by atoms with van der Waals surface area (Å²) in [6.45, 7) is 0. The summed E-state index contributed by atoms with van der Waals surface area (Å²) in [5.74, 6) is -4.04. The van der Waals surface area contributed by atoms with E-state index in [-0.39, 0.29) is 5.56 Å². The molecule has 0 aliphatic carbocycles. The second-order valence-corrected chi connectivity index (χ2v) is 6.93. The van der Waals surface area contributed by atoms with Crippen molar-refractivity contribution in [3.8, 4) is 5.75 Å². The Morgan fingerprint density at radius 3 is 2.35 bits per heavy atom. The standard InChI is InChI=1S/C16H13F5O4S/c17-12-5-2-6-14(15(12)18)25-13(7-8-26(22,23)24)10-3-1-4-11(9-10)16(19,20)21/h1-6,9,13H,7-8H2,(H,22,23,24). The van der Waals surface area contributed by atoms with Crippen molar-refractivity contribution in [3.05, 3.63) is 65.2 Å². The monoisotopic (exact) mass is 396 g/mol. The van der Waals surface area contributed by atoms with Crippen molar-refractivity contribution in [1.29, 1.82) is 0 Å². The Hall–Kier alpha value is -2.20. The van der Waals surface area contributed by atoms with Gasteiger partial charge in [0.05, 0.1) is 11.3 Å². The summed E-state index contributed by atoms with van der Waals surface area (Å²) < 4.78 is 102. The number of alkyl halides is 3. The van der Waals surface area contributed by atoms with Gasteiger partial charge in [-0.25, -0.2) is 4.39 Å². The molecule has 0 bridgehead atoms. The van der Waals surface area contributed by atoms with Gasteiger partial charge in [0, 0.05) is 6.42 Å². The van der Waals surface area contributed by atoms with Crippen LogP contribution in [0, 0.1) is 11.6 Å². The van der Waals surface area contributed by atoms with Crippen molar-refractivity contribution in [2.45, 2.75) is 18.7 Å². The zero-order valence-electron chi connectivity index (χ0n) is 13.0. The second kappa shape index (κ2) is 7.58. The van der Waals surface area contributed by atoms with Gasteiger partial charge in [0.25, 0.3) is 10.1 Å². The van der Waals surface area contributed by atoms with Crippen LogP contribution in [0.1, 0.15) is 23.7 Å². The van der Waals surface area contributed by atoms with Crippen molar-refractivity contribution in [2.24, 2.45) is 0 Å². The number of hydrogen-bond acceptors (Lipinski definition) is 3. The van der Waals surface area contributed by atoms with Crippen molar-refractivity contribution in [3.63, 3.8) is 0 Å². The molecule has 10 heteroatoms. The van der Waals surface area contributed by atoms with Crippen LogP contribution in [0.3, 0.4) is 0 Å². The summed E-state index contributed by atoms with van der Waals surface area (Å²) in [6, 6.07) is 6.80. The highest BCUT2D eigenvalue weighted by atomic mass is 32.2. The molecule has 1 N–H and O–H groups in total. The summed E-state index contributed by atoms with van der Waals surface area (Å²) in [5, 5.41) is 0. The second-order valence-electron chi connectivity index (χ2n) is 5.36. The zero-order valence-corrected chi connectivity index (χ0v) is 13.8. The number of halogens is 5. The van der Waals surface area contributed by atoms with Gasteiger partial charge in [-0.2, -0.15) is 26.0 Å². The molecule has 2 aromatic carbocycles. The number of benzene rings is 2. The van der Waals surface area contributed by atoms with E-state index in [2.05, 4.69) is 0 Å². The van der Waals surface area contributed by atoms with Crippen molar-refractivity contribution in [1.82, 2.24) is 0 Å². The minimum absolute atomic E-state index is 0.105. The third-order valence-corrected chi connectivity index (χ3v) is 4.16. The van der Waals surface area contributed by atoms with Crippen LogP contribution < -0.4 is 4.74 Å². The quantitative estimate of drug-likeness (QED) is 0.581. The third-order valence-electron chi connectivity index (χ3n) is 3.41. The first-order chi connectivity index (χ1) is 12.0. The SMILES string of the molecule is O=S(=O)(O)CCC(Oc1cccc(F)c1F)c1cccc(C(F)(F)F)c1. The van der Waals surface area contributed by atoms with E-state index >= 15 is 0 Å². The minimum atomic E-state index is -4.66. The predicted molar refractivity (Wildman–Crippen MR) is 82.2 cm³/mol. The van der Waals surface area contributed by atoms with Crippen LogP contribution in [0.15, 0.2) is 42.5 Å². The first-order valence-corrected chi connectivity index (χ1v) is 8.81. The fraction of sp³-hybridized carbons (Fsp3) is 0.250. The van der Waals surface area contributed by atoms with Crippen LogP contribution >= 0.6 is 0 Å². The molecular weight excluding hydrogens is 383 g/mol. The average molecular weight is 396 g/mol. The van der Waals surface area contributed by atoms with Crippen LogP contribution in [0.2, 0.25) is 0 Å². The van der Waals surface area contributed by atoms with Gasteiger partial charge in [-0.05, 0) is 29.8 Å². The molecule has 26 heavy (non-hydrogen) atoms.